The molecule has 0 radical (unpaired) electrons. The van der Waals surface area contributed by atoms with Crippen LogP contribution in [0, 0.1) is 0 Å². The standard InChI is InChI=1S/C19H23N5O3/c1-27-16-4-2-13(3-5-16)14-6-7-23(8-14)18-17-19(21-11-20-18)24(12-22-17)9-15(26)10-25/h2-5,11-12,14-15,25-26H,6-10H2,1H3. The van der Waals surface area contributed by atoms with Crippen molar-refractivity contribution in [2.45, 2.75) is 25.0 Å². The van der Waals surface area contributed by atoms with Crippen molar-refractivity contribution in [3.8, 4) is 5.75 Å². The summed E-state index contributed by atoms with van der Waals surface area (Å²) in [5.41, 5.74) is 2.68. The Morgan fingerprint density at radius 2 is 2.04 bits per heavy atom. The van der Waals surface area contributed by atoms with E-state index in [4.69, 9.17) is 9.84 Å². The molecule has 0 spiro atoms. The predicted molar refractivity (Wildman–Crippen MR) is 101 cm³/mol. The van der Waals surface area contributed by atoms with Crippen LogP contribution in [-0.2, 0) is 6.54 Å². The first-order chi connectivity index (χ1) is 13.2. The molecule has 8 heteroatoms. The number of benzene rings is 1. The topological polar surface area (TPSA) is 96.5 Å². The quantitative estimate of drug-likeness (QED) is 0.673. The number of aliphatic hydroxyl groups excluding tert-OH is 2. The summed E-state index contributed by atoms with van der Waals surface area (Å²) in [6.07, 6.45) is 3.37. The van der Waals surface area contributed by atoms with Gasteiger partial charge in [-0.3, -0.25) is 0 Å². The van der Waals surface area contributed by atoms with Crippen molar-refractivity contribution in [2.24, 2.45) is 0 Å². The molecule has 0 amide bonds. The summed E-state index contributed by atoms with van der Waals surface area (Å²) in [5.74, 6) is 2.11. The second-order valence-electron chi connectivity index (χ2n) is 6.81. The number of aliphatic hydroxyl groups is 2. The second kappa shape index (κ2) is 7.50. The summed E-state index contributed by atoms with van der Waals surface area (Å²) in [6.45, 7) is 1.71. The third-order valence-electron chi connectivity index (χ3n) is 5.08. The maximum atomic E-state index is 9.71. The van der Waals surface area contributed by atoms with E-state index in [1.165, 1.54) is 11.9 Å². The van der Waals surface area contributed by atoms with Crippen LogP contribution in [0.25, 0.3) is 11.2 Å². The van der Waals surface area contributed by atoms with Crippen LogP contribution in [0.5, 0.6) is 5.75 Å². The Labute approximate surface area is 157 Å². The molecule has 2 unspecified atom stereocenters. The maximum absolute atomic E-state index is 9.71. The fourth-order valence-electron chi connectivity index (χ4n) is 3.62. The maximum Gasteiger partial charge on any atom is 0.165 e. The Kier molecular flexibility index (Phi) is 4.91. The Balaban J connectivity index is 1.56. The molecule has 8 nitrogen and oxygen atoms in total. The van der Waals surface area contributed by atoms with Gasteiger partial charge in [0, 0.05) is 19.0 Å². The summed E-state index contributed by atoms with van der Waals surface area (Å²) >= 11 is 0. The molecule has 0 saturated carbocycles. The lowest BCUT2D eigenvalue weighted by atomic mass is 9.98. The van der Waals surface area contributed by atoms with Crippen LogP contribution in [0.3, 0.4) is 0 Å². The van der Waals surface area contributed by atoms with Crippen LogP contribution in [0.2, 0.25) is 0 Å². The number of hydrogen-bond acceptors (Lipinski definition) is 7. The highest BCUT2D eigenvalue weighted by atomic mass is 16.5. The van der Waals surface area contributed by atoms with E-state index in [2.05, 4.69) is 32.0 Å². The van der Waals surface area contributed by atoms with Gasteiger partial charge in [0.05, 0.1) is 32.7 Å². The summed E-state index contributed by atoms with van der Waals surface area (Å²) in [7, 11) is 1.67. The highest BCUT2D eigenvalue weighted by Crippen LogP contribution is 2.33. The Hall–Kier alpha value is -2.71. The lowest BCUT2D eigenvalue weighted by Crippen LogP contribution is -2.21. The lowest BCUT2D eigenvalue weighted by molar-refractivity contribution is 0.0820. The second-order valence-corrected chi connectivity index (χ2v) is 6.81. The number of imidazole rings is 1. The van der Waals surface area contributed by atoms with Crippen molar-refractivity contribution in [3.63, 3.8) is 0 Å². The third kappa shape index (κ3) is 3.45. The number of hydrogen-bond donors (Lipinski definition) is 2. The third-order valence-corrected chi connectivity index (χ3v) is 5.08. The van der Waals surface area contributed by atoms with Crippen molar-refractivity contribution in [1.82, 2.24) is 19.5 Å². The summed E-state index contributed by atoms with van der Waals surface area (Å²) in [6, 6.07) is 8.23. The zero-order valence-electron chi connectivity index (χ0n) is 15.2. The van der Waals surface area contributed by atoms with Crippen molar-refractivity contribution in [2.75, 3.05) is 31.7 Å². The number of anilines is 1. The van der Waals surface area contributed by atoms with Gasteiger partial charge in [0.25, 0.3) is 0 Å². The minimum absolute atomic E-state index is 0.248. The number of ether oxygens (including phenoxy) is 1. The van der Waals surface area contributed by atoms with Gasteiger partial charge in [0.1, 0.15) is 12.1 Å². The largest absolute Gasteiger partial charge is 0.497 e. The van der Waals surface area contributed by atoms with E-state index < -0.39 is 6.10 Å². The Bertz CT molecular complexity index is 911. The smallest absolute Gasteiger partial charge is 0.165 e. The fraction of sp³-hybridized carbons (Fsp3) is 0.421. The predicted octanol–water partition coefficient (Wildman–Crippen LogP) is 1.18. The van der Waals surface area contributed by atoms with E-state index in [-0.39, 0.29) is 13.2 Å². The highest BCUT2D eigenvalue weighted by molar-refractivity contribution is 5.83. The van der Waals surface area contributed by atoms with Crippen molar-refractivity contribution < 1.29 is 14.9 Å². The zero-order chi connectivity index (χ0) is 18.8. The fourth-order valence-corrected chi connectivity index (χ4v) is 3.62. The molecule has 1 aliphatic rings. The Morgan fingerprint density at radius 1 is 1.22 bits per heavy atom. The van der Waals surface area contributed by atoms with Crippen LogP contribution in [0.15, 0.2) is 36.9 Å². The van der Waals surface area contributed by atoms with E-state index in [1.54, 1.807) is 18.0 Å². The molecule has 3 aromatic rings. The van der Waals surface area contributed by atoms with Crippen molar-refractivity contribution in [1.29, 1.82) is 0 Å². The summed E-state index contributed by atoms with van der Waals surface area (Å²) < 4.78 is 6.99. The minimum atomic E-state index is -0.841. The van der Waals surface area contributed by atoms with Crippen molar-refractivity contribution >= 4 is 17.0 Å². The van der Waals surface area contributed by atoms with E-state index in [0.29, 0.717) is 11.6 Å². The molecule has 1 aromatic carbocycles. The Morgan fingerprint density at radius 3 is 2.78 bits per heavy atom. The molecular formula is C19H23N5O3. The number of fused-ring (bicyclic) bond motifs is 1. The number of aromatic nitrogens is 4. The van der Waals surface area contributed by atoms with E-state index >= 15 is 0 Å². The molecular weight excluding hydrogens is 346 g/mol. The summed E-state index contributed by atoms with van der Waals surface area (Å²) in [4.78, 5) is 15.5. The van der Waals surface area contributed by atoms with Crippen LogP contribution in [0.1, 0.15) is 17.9 Å². The molecule has 4 rings (SSSR count). The molecule has 3 heterocycles. The number of nitrogens with zero attached hydrogens (tertiary/aromatic N) is 5. The lowest BCUT2D eigenvalue weighted by Gasteiger charge is -2.18. The van der Waals surface area contributed by atoms with E-state index in [9.17, 15) is 5.11 Å². The molecule has 142 valence electrons. The average Bonchev–Trinajstić information content (AvgIpc) is 3.35. The van der Waals surface area contributed by atoms with Gasteiger partial charge < -0.3 is 24.4 Å². The van der Waals surface area contributed by atoms with E-state index in [1.807, 2.05) is 12.1 Å². The molecule has 0 aliphatic carbocycles. The molecule has 1 saturated heterocycles. The molecule has 2 N–H and O–H groups in total. The molecule has 27 heavy (non-hydrogen) atoms. The van der Waals surface area contributed by atoms with Gasteiger partial charge in [0.15, 0.2) is 17.0 Å². The van der Waals surface area contributed by atoms with Crippen LogP contribution in [0.4, 0.5) is 5.82 Å². The first kappa shape index (κ1) is 17.7. The van der Waals surface area contributed by atoms with Crippen LogP contribution >= 0.6 is 0 Å². The average molecular weight is 369 g/mol. The number of rotatable bonds is 6. The van der Waals surface area contributed by atoms with Gasteiger partial charge in [0.2, 0.25) is 0 Å². The molecule has 2 atom stereocenters. The van der Waals surface area contributed by atoms with Crippen LogP contribution < -0.4 is 9.64 Å². The van der Waals surface area contributed by atoms with Gasteiger partial charge in [-0.25, -0.2) is 15.0 Å². The molecule has 1 fully saturated rings. The molecule has 2 aromatic heterocycles. The summed E-state index contributed by atoms with van der Waals surface area (Å²) in [5, 5.41) is 18.8. The van der Waals surface area contributed by atoms with Gasteiger partial charge >= 0.3 is 0 Å². The van der Waals surface area contributed by atoms with Gasteiger partial charge in [-0.2, -0.15) is 0 Å². The van der Waals surface area contributed by atoms with Gasteiger partial charge in [-0.1, -0.05) is 12.1 Å². The highest BCUT2D eigenvalue weighted by Gasteiger charge is 2.27. The zero-order valence-corrected chi connectivity index (χ0v) is 15.2. The minimum Gasteiger partial charge on any atom is -0.497 e. The van der Waals surface area contributed by atoms with Gasteiger partial charge in [-0.05, 0) is 24.1 Å². The first-order valence-corrected chi connectivity index (χ1v) is 9.03. The SMILES string of the molecule is COc1ccc(C2CCN(c3ncnc4c3ncn4CC(O)CO)C2)cc1. The van der Waals surface area contributed by atoms with Crippen LogP contribution in [-0.4, -0.2) is 62.6 Å². The molecule has 1 aliphatic heterocycles. The first-order valence-electron chi connectivity index (χ1n) is 9.03. The monoisotopic (exact) mass is 369 g/mol. The van der Waals surface area contributed by atoms with Gasteiger partial charge in [-0.15, -0.1) is 0 Å². The normalized spacial score (nSPS) is 18.2. The van der Waals surface area contributed by atoms with Crippen molar-refractivity contribution in [3.05, 3.63) is 42.5 Å². The van der Waals surface area contributed by atoms with E-state index in [0.717, 1.165) is 36.6 Å². The molecule has 0 bridgehead atoms. The number of methoxy groups -OCH3 is 1.